The first-order valence-electron chi connectivity index (χ1n) is 17.5. The van der Waals surface area contributed by atoms with E-state index in [1.807, 2.05) is 6.92 Å². The van der Waals surface area contributed by atoms with Crippen molar-refractivity contribution in [1.29, 1.82) is 0 Å². The second-order valence-electron chi connectivity index (χ2n) is 13.4. The van der Waals surface area contributed by atoms with Gasteiger partial charge >= 0.3 is 26.3 Å². The summed E-state index contributed by atoms with van der Waals surface area (Å²) in [5.41, 5.74) is 6.53. The molecule has 0 aliphatic carbocycles. The van der Waals surface area contributed by atoms with Gasteiger partial charge in [0.25, 0.3) is 5.56 Å². The summed E-state index contributed by atoms with van der Waals surface area (Å²) in [5.74, 6) is -0.298. The maximum atomic E-state index is 16.7. The fourth-order valence-corrected chi connectivity index (χ4v) is 10.8. The topological polar surface area (TPSA) is 261 Å². The molecule has 9 atom stereocenters. The van der Waals surface area contributed by atoms with Crippen LogP contribution in [0.4, 0.5) is 10.2 Å². The van der Waals surface area contributed by atoms with Crippen molar-refractivity contribution < 1.29 is 55.5 Å². The standard InChI is InChI=1S/C34H34FN7O13P2S/c1-18-2-6-20(7-3-18)33(44)52-21-8-4-19(5-9-21)15-58-57(48)50-13-22-12-23(31(51-22)41-11-10-25(43)40-34(41)45)54-56(46,47)49-14-24-28(55-57)26(35)32(53-24)42-17-39-27-29(36)37-16-38-30(27)42/h2-11,16-17,22-24,26,28,31-32H,12-15H2,1H3,(H,46,47)(H2,36,37,38)(H,40,43,45)/t22-,23+,24+,26+,28+,31+,32+,57?/m0/s1. The number of ether oxygens (including phenoxy) is 3. The number of nitrogens with one attached hydrogen (secondary N) is 1. The van der Waals surface area contributed by atoms with Gasteiger partial charge < -0.3 is 24.8 Å². The molecular formula is C34H34FN7O13P2S. The summed E-state index contributed by atoms with van der Waals surface area (Å²) in [7, 11) is -5.02. The number of imidazole rings is 1. The van der Waals surface area contributed by atoms with Gasteiger partial charge in [-0.15, -0.1) is 0 Å². The van der Waals surface area contributed by atoms with Gasteiger partial charge in [0.2, 0.25) is 0 Å². The smallest absolute Gasteiger partial charge is 0.423 e. The molecule has 3 aromatic heterocycles. The molecule has 0 saturated carbocycles. The van der Waals surface area contributed by atoms with Crippen LogP contribution in [0.15, 0.2) is 83.0 Å². The van der Waals surface area contributed by atoms with Crippen LogP contribution < -0.4 is 21.7 Å². The van der Waals surface area contributed by atoms with Crippen LogP contribution in [0.5, 0.6) is 5.75 Å². The summed E-state index contributed by atoms with van der Waals surface area (Å²) in [6, 6.07) is 14.3. The molecule has 24 heteroatoms. The summed E-state index contributed by atoms with van der Waals surface area (Å²) in [6.45, 7) is -3.84. The van der Waals surface area contributed by atoms with Crippen molar-refractivity contribution in [3.63, 3.8) is 0 Å². The summed E-state index contributed by atoms with van der Waals surface area (Å²) in [6.07, 6.45) is -7.28. The highest BCUT2D eigenvalue weighted by atomic mass is 32.7. The minimum Gasteiger partial charge on any atom is -0.423 e. The third-order valence-electron chi connectivity index (χ3n) is 9.35. The number of esters is 1. The number of hydrogen-bond acceptors (Lipinski definition) is 17. The molecule has 3 aliphatic rings. The van der Waals surface area contributed by atoms with Crippen LogP contribution in [0.25, 0.3) is 11.2 Å². The lowest BCUT2D eigenvalue weighted by Crippen LogP contribution is -2.36. The molecule has 58 heavy (non-hydrogen) atoms. The van der Waals surface area contributed by atoms with Crippen molar-refractivity contribution in [3.8, 4) is 5.75 Å². The number of carbonyl (C=O) groups excluding carboxylic acids is 1. The number of nitrogen functional groups attached to an aromatic ring is 1. The maximum absolute atomic E-state index is 16.7. The van der Waals surface area contributed by atoms with E-state index in [4.69, 9.17) is 38.0 Å². The molecule has 0 spiro atoms. The molecule has 2 aromatic carbocycles. The van der Waals surface area contributed by atoms with Crippen LogP contribution >= 0.6 is 26.0 Å². The van der Waals surface area contributed by atoms with Gasteiger partial charge in [0, 0.05) is 24.4 Å². The number of phosphoric acid groups is 1. The number of alkyl halides is 1. The van der Waals surface area contributed by atoms with Crippen molar-refractivity contribution in [2.75, 3.05) is 18.9 Å². The van der Waals surface area contributed by atoms with E-state index < -0.39 is 88.1 Å². The summed E-state index contributed by atoms with van der Waals surface area (Å²) < 4.78 is 87.1. The van der Waals surface area contributed by atoms with Gasteiger partial charge in [-0.3, -0.25) is 37.0 Å². The van der Waals surface area contributed by atoms with Crippen molar-refractivity contribution in [1.82, 2.24) is 29.1 Å². The van der Waals surface area contributed by atoms with Crippen LogP contribution in [0.2, 0.25) is 0 Å². The van der Waals surface area contributed by atoms with Crippen LogP contribution in [0, 0.1) is 6.92 Å². The number of aromatic amines is 1. The minimum absolute atomic E-state index is 0.0144. The van der Waals surface area contributed by atoms with E-state index in [2.05, 4.69) is 19.9 Å². The van der Waals surface area contributed by atoms with Crippen LogP contribution in [-0.4, -0.2) is 83.7 Å². The highest BCUT2D eigenvalue weighted by Gasteiger charge is 2.53. The normalized spacial score (nSPS) is 30.2. The number of nitrogens with two attached hydrogens (primary N) is 1. The fraction of sp³-hybridized carbons (Fsp3) is 0.353. The van der Waals surface area contributed by atoms with Gasteiger partial charge in [-0.2, -0.15) is 0 Å². The molecule has 306 valence electrons. The Labute approximate surface area is 330 Å². The zero-order valence-electron chi connectivity index (χ0n) is 30.1. The van der Waals surface area contributed by atoms with E-state index in [0.717, 1.165) is 28.7 Å². The number of rotatable bonds is 7. The molecular weight excluding hydrogens is 827 g/mol. The Balaban J connectivity index is 1.07. The SMILES string of the molecule is Cc1ccc(C(=O)Oc2ccc(CSP3(=O)OC[C@@H]4C[C@@H](OP(=O)(O)OC[C@H]5O[C@@H](n6cnc7c(N)ncnc76)[C@H](F)[C@@H]5O3)[C@H](n3ccc(=O)[nH]c3=O)O4)cc2)cc1. The lowest BCUT2D eigenvalue weighted by molar-refractivity contribution is -0.0652. The Kier molecular flexibility index (Phi) is 11.2. The largest absolute Gasteiger partial charge is 0.472 e. The number of hydrogen-bond donors (Lipinski definition) is 3. The highest BCUT2D eigenvalue weighted by molar-refractivity contribution is 8.54. The van der Waals surface area contributed by atoms with E-state index >= 15 is 4.39 Å². The Morgan fingerprint density at radius 1 is 0.983 bits per heavy atom. The van der Waals surface area contributed by atoms with E-state index in [1.54, 1.807) is 48.5 Å². The van der Waals surface area contributed by atoms with Gasteiger partial charge in [-0.25, -0.2) is 38.1 Å². The predicted molar refractivity (Wildman–Crippen MR) is 201 cm³/mol. The Morgan fingerprint density at radius 3 is 2.52 bits per heavy atom. The van der Waals surface area contributed by atoms with E-state index in [1.165, 1.54) is 10.9 Å². The zero-order chi connectivity index (χ0) is 40.8. The number of phosphoric ester groups is 1. The number of halogens is 1. The third-order valence-corrected chi connectivity index (χ3v) is 14.0. The number of nitrogens with zero attached hydrogens (tertiary/aromatic N) is 5. The second-order valence-corrected chi connectivity index (χ2v) is 18.8. The van der Waals surface area contributed by atoms with Gasteiger partial charge in [-0.05, 0) is 48.1 Å². The fourth-order valence-electron chi connectivity index (χ4n) is 6.48. The predicted octanol–water partition coefficient (Wildman–Crippen LogP) is 3.97. The van der Waals surface area contributed by atoms with Gasteiger partial charge in [0.15, 0.2) is 30.1 Å². The Morgan fingerprint density at radius 2 is 1.76 bits per heavy atom. The number of aromatic nitrogens is 6. The molecule has 8 rings (SSSR count). The highest BCUT2D eigenvalue weighted by Crippen LogP contribution is 2.64. The summed E-state index contributed by atoms with van der Waals surface area (Å²) in [5, 5.41) is 0. The van der Waals surface area contributed by atoms with Gasteiger partial charge in [0.1, 0.15) is 35.9 Å². The van der Waals surface area contributed by atoms with Crippen molar-refractivity contribution in [2.24, 2.45) is 0 Å². The lowest BCUT2D eigenvalue weighted by Gasteiger charge is -2.27. The Bertz CT molecular complexity index is 2540. The molecule has 4 N–H and O–H groups in total. The number of H-pyrrole nitrogens is 1. The molecule has 0 radical (unpaired) electrons. The average molecular weight is 862 g/mol. The number of benzene rings is 2. The van der Waals surface area contributed by atoms with Gasteiger partial charge in [-0.1, -0.05) is 29.8 Å². The Hall–Kier alpha value is -4.60. The van der Waals surface area contributed by atoms with Crippen LogP contribution in [0.3, 0.4) is 0 Å². The van der Waals surface area contributed by atoms with Crippen LogP contribution in [0.1, 0.15) is 40.4 Å². The third kappa shape index (κ3) is 8.57. The minimum atomic E-state index is -5.02. The number of aryl methyl sites for hydroxylation is 1. The molecule has 2 unspecified atom stereocenters. The molecule has 20 nitrogen and oxygen atoms in total. The monoisotopic (exact) mass is 861 g/mol. The number of anilines is 1. The van der Waals surface area contributed by atoms with Crippen molar-refractivity contribution >= 4 is 49.0 Å². The molecule has 3 saturated heterocycles. The zero-order valence-corrected chi connectivity index (χ0v) is 32.7. The number of fused-ring (bicyclic) bond motifs is 4. The first kappa shape index (κ1) is 40.2. The average Bonchev–Trinajstić information content (AvgIpc) is 3.88. The molecule has 3 aliphatic heterocycles. The van der Waals surface area contributed by atoms with Crippen molar-refractivity contribution in [3.05, 3.63) is 111 Å². The summed E-state index contributed by atoms with van der Waals surface area (Å²) >= 11 is 0.706. The molecule has 0 amide bonds. The maximum Gasteiger partial charge on any atom is 0.472 e. The van der Waals surface area contributed by atoms with Crippen molar-refractivity contribution in [2.45, 2.75) is 62.1 Å². The van der Waals surface area contributed by atoms with Gasteiger partial charge in [0.05, 0.1) is 31.2 Å². The first-order valence-corrected chi connectivity index (χ1v) is 22.2. The van der Waals surface area contributed by atoms with Crippen LogP contribution in [-0.2, 0) is 42.5 Å². The quantitative estimate of drug-likeness (QED) is 0.119. The molecule has 5 aromatic rings. The number of carbonyl (C=O) groups is 1. The molecule has 2 bridgehead atoms. The molecule has 6 heterocycles. The first-order chi connectivity index (χ1) is 27.7. The summed E-state index contributed by atoms with van der Waals surface area (Å²) in [4.78, 5) is 62.2. The van der Waals surface area contributed by atoms with E-state index in [-0.39, 0.29) is 34.9 Å². The lowest BCUT2D eigenvalue weighted by atomic mass is 10.1. The second kappa shape index (κ2) is 16.2. The van der Waals surface area contributed by atoms with E-state index in [0.29, 0.717) is 22.5 Å². The molecule has 3 fully saturated rings. The van der Waals surface area contributed by atoms with E-state index in [9.17, 15) is 28.4 Å².